The standard InChI is InChI=1S/C16H15N3O2/c1-2-9-21-13-5-3-12(4-6-13)16(20)14-10-18-19-8-7-17-11-15(14)19/h3-8,10-11H,2,9H2,1H3. The fourth-order valence-electron chi connectivity index (χ4n) is 2.09. The highest BCUT2D eigenvalue weighted by atomic mass is 16.5. The van der Waals surface area contributed by atoms with Crippen LogP contribution in [0.3, 0.4) is 0 Å². The first-order valence-corrected chi connectivity index (χ1v) is 6.84. The maximum atomic E-state index is 12.5. The van der Waals surface area contributed by atoms with E-state index in [1.165, 1.54) is 0 Å². The second-order valence-corrected chi connectivity index (χ2v) is 4.67. The second-order valence-electron chi connectivity index (χ2n) is 4.67. The molecule has 0 aliphatic carbocycles. The number of hydrogen-bond acceptors (Lipinski definition) is 4. The van der Waals surface area contributed by atoms with Gasteiger partial charge in [-0.3, -0.25) is 9.78 Å². The Hall–Kier alpha value is -2.69. The second kappa shape index (κ2) is 5.75. The Kier molecular flexibility index (Phi) is 3.64. The van der Waals surface area contributed by atoms with Gasteiger partial charge in [0.2, 0.25) is 0 Å². The summed E-state index contributed by atoms with van der Waals surface area (Å²) in [6.45, 7) is 2.73. The third kappa shape index (κ3) is 2.63. The molecule has 3 aromatic rings. The first kappa shape index (κ1) is 13.3. The van der Waals surface area contributed by atoms with Crippen LogP contribution in [0.1, 0.15) is 29.3 Å². The highest BCUT2D eigenvalue weighted by molar-refractivity contribution is 6.12. The smallest absolute Gasteiger partial charge is 0.196 e. The lowest BCUT2D eigenvalue weighted by atomic mass is 10.1. The van der Waals surface area contributed by atoms with E-state index in [1.807, 2.05) is 12.1 Å². The van der Waals surface area contributed by atoms with Crippen LogP contribution in [0, 0.1) is 0 Å². The van der Waals surface area contributed by atoms with Gasteiger partial charge in [0.15, 0.2) is 5.78 Å². The summed E-state index contributed by atoms with van der Waals surface area (Å²) < 4.78 is 7.15. The highest BCUT2D eigenvalue weighted by Gasteiger charge is 2.14. The molecule has 0 radical (unpaired) electrons. The van der Waals surface area contributed by atoms with Crippen molar-refractivity contribution in [3.63, 3.8) is 0 Å². The molecule has 106 valence electrons. The Labute approximate surface area is 122 Å². The van der Waals surface area contributed by atoms with Gasteiger partial charge in [-0.2, -0.15) is 5.10 Å². The van der Waals surface area contributed by atoms with Gasteiger partial charge in [-0.05, 0) is 30.7 Å². The monoisotopic (exact) mass is 281 g/mol. The number of aromatic nitrogens is 3. The SMILES string of the molecule is CCCOc1ccc(C(=O)c2cnn3ccncc23)cc1. The molecule has 2 aromatic heterocycles. The minimum atomic E-state index is -0.0694. The molecular formula is C16H15N3O2. The van der Waals surface area contributed by atoms with Crippen molar-refractivity contribution in [2.24, 2.45) is 0 Å². The summed E-state index contributed by atoms with van der Waals surface area (Å²) in [5, 5.41) is 4.15. The quantitative estimate of drug-likeness (QED) is 0.675. The lowest BCUT2D eigenvalue weighted by Crippen LogP contribution is -2.01. The number of fused-ring (bicyclic) bond motifs is 1. The van der Waals surface area contributed by atoms with E-state index in [9.17, 15) is 4.79 Å². The van der Waals surface area contributed by atoms with E-state index in [0.717, 1.165) is 12.2 Å². The average molecular weight is 281 g/mol. The van der Waals surface area contributed by atoms with Crippen LogP contribution in [-0.4, -0.2) is 27.0 Å². The van der Waals surface area contributed by atoms with Gasteiger partial charge in [-0.15, -0.1) is 0 Å². The van der Waals surface area contributed by atoms with Crippen molar-refractivity contribution in [1.82, 2.24) is 14.6 Å². The Balaban J connectivity index is 1.88. The minimum Gasteiger partial charge on any atom is -0.494 e. The lowest BCUT2D eigenvalue weighted by molar-refractivity contribution is 0.104. The molecule has 0 aliphatic rings. The van der Waals surface area contributed by atoms with Crippen LogP contribution in [0.5, 0.6) is 5.75 Å². The molecule has 0 amide bonds. The summed E-state index contributed by atoms with van der Waals surface area (Å²) in [5.41, 5.74) is 1.86. The number of ketones is 1. The van der Waals surface area contributed by atoms with Crippen LogP contribution < -0.4 is 4.74 Å². The maximum absolute atomic E-state index is 12.5. The zero-order valence-electron chi connectivity index (χ0n) is 11.7. The first-order valence-electron chi connectivity index (χ1n) is 6.84. The molecule has 0 bridgehead atoms. The van der Waals surface area contributed by atoms with E-state index < -0.39 is 0 Å². The highest BCUT2D eigenvalue weighted by Crippen LogP contribution is 2.18. The molecule has 21 heavy (non-hydrogen) atoms. The fraction of sp³-hybridized carbons (Fsp3) is 0.188. The van der Waals surface area contributed by atoms with E-state index in [4.69, 9.17) is 4.74 Å². The van der Waals surface area contributed by atoms with Crippen molar-refractivity contribution < 1.29 is 9.53 Å². The number of carbonyl (C=O) groups is 1. The molecule has 0 aliphatic heterocycles. The van der Waals surface area contributed by atoms with Crippen molar-refractivity contribution in [2.45, 2.75) is 13.3 Å². The molecule has 0 fully saturated rings. The molecule has 2 heterocycles. The summed E-state index contributed by atoms with van der Waals surface area (Å²) in [6, 6.07) is 7.17. The predicted molar refractivity (Wildman–Crippen MR) is 78.6 cm³/mol. The summed E-state index contributed by atoms with van der Waals surface area (Å²) in [6.07, 6.45) is 7.51. The van der Waals surface area contributed by atoms with Crippen molar-refractivity contribution in [3.05, 3.63) is 60.2 Å². The zero-order valence-corrected chi connectivity index (χ0v) is 11.7. The van der Waals surface area contributed by atoms with Gasteiger partial charge in [0.05, 0.1) is 30.1 Å². The summed E-state index contributed by atoms with van der Waals surface area (Å²) >= 11 is 0. The Morgan fingerprint density at radius 3 is 2.81 bits per heavy atom. The number of carbonyl (C=O) groups excluding carboxylic acids is 1. The zero-order chi connectivity index (χ0) is 14.7. The summed E-state index contributed by atoms with van der Waals surface area (Å²) in [5.74, 6) is 0.704. The number of ether oxygens (including phenoxy) is 1. The molecule has 1 aromatic carbocycles. The van der Waals surface area contributed by atoms with Gasteiger partial charge in [0.25, 0.3) is 0 Å². The molecule has 0 unspecified atom stereocenters. The van der Waals surface area contributed by atoms with Gasteiger partial charge in [0.1, 0.15) is 5.75 Å². The lowest BCUT2D eigenvalue weighted by Gasteiger charge is -2.05. The third-order valence-corrected chi connectivity index (χ3v) is 3.16. The van der Waals surface area contributed by atoms with Crippen LogP contribution in [0.4, 0.5) is 0 Å². The number of benzene rings is 1. The van der Waals surface area contributed by atoms with Gasteiger partial charge in [-0.25, -0.2) is 4.52 Å². The van der Waals surface area contributed by atoms with E-state index in [2.05, 4.69) is 17.0 Å². The third-order valence-electron chi connectivity index (χ3n) is 3.16. The molecule has 5 nitrogen and oxygen atoms in total. The summed E-state index contributed by atoms with van der Waals surface area (Å²) in [7, 11) is 0. The van der Waals surface area contributed by atoms with Gasteiger partial charge in [0, 0.05) is 18.0 Å². The average Bonchev–Trinajstić information content (AvgIpc) is 2.97. The van der Waals surface area contributed by atoms with E-state index in [0.29, 0.717) is 23.3 Å². The molecule has 3 rings (SSSR count). The fourth-order valence-corrected chi connectivity index (χ4v) is 2.09. The van der Waals surface area contributed by atoms with Crippen molar-refractivity contribution in [1.29, 1.82) is 0 Å². The molecular weight excluding hydrogens is 266 g/mol. The van der Waals surface area contributed by atoms with Crippen molar-refractivity contribution in [2.75, 3.05) is 6.61 Å². The van der Waals surface area contributed by atoms with Crippen LogP contribution in [0.25, 0.3) is 5.52 Å². The van der Waals surface area contributed by atoms with Crippen LogP contribution in [0.15, 0.2) is 49.1 Å². The van der Waals surface area contributed by atoms with Crippen LogP contribution >= 0.6 is 0 Å². The Morgan fingerprint density at radius 1 is 1.24 bits per heavy atom. The van der Waals surface area contributed by atoms with Crippen molar-refractivity contribution in [3.8, 4) is 5.75 Å². The molecule has 0 atom stereocenters. The Morgan fingerprint density at radius 2 is 2.05 bits per heavy atom. The van der Waals surface area contributed by atoms with Gasteiger partial charge >= 0.3 is 0 Å². The Bertz CT molecular complexity index is 763. The topological polar surface area (TPSA) is 56.5 Å². The normalized spacial score (nSPS) is 10.7. The number of rotatable bonds is 5. The maximum Gasteiger partial charge on any atom is 0.196 e. The predicted octanol–water partition coefficient (Wildman–Crippen LogP) is 2.75. The van der Waals surface area contributed by atoms with E-state index in [1.54, 1.807) is 41.4 Å². The molecule has 0 spiro atoms. The minimum absolute atomic E-state index is 0.0694. The molecule has 0 N–H and O–H groups in total. The van der Waals surface area contributed by atoms with E-state index >= 15 is 0 Å². The van der Waals surface area contributed by atoms with Gasteiger partial charge in [-0.1, -0.05) is 6.92 Å². The van der Waals surface area contributed by atoms with E-state index in [-0.39, 0.29) is 5.78 Å². The van der Waals surface area contributed by atoms with Crippen molar-refractivity contribution >= 4 is 11.3 Å². The molecule has 0 saturated carbocycles. The number of hydrogen-bond donors (Lipinski definition) is 0. The van der Waals surface area contributed by atoms with Crippen LogP contribution in [0.2, 0.25) is 0 Å². The number of nitrogens with zero attached hydrogens (tertiary/aromatic N) is 3. The largest absolute Gasteiger partial charge is 0.494 e. The van der Waals surface area contributed by atoms with Crippen LogP contribution in [-0.2, 0) is 0 Å². The molecule has 0 saturated heterocycles. The first-order chi connectivity index (χ1) is 10.3. The summed E-state index contributed by atoms with van der Waals surface area (Å²) in [4.78, 5) is 16.6. The van der Waals surface area contributed by atoms with Gasteiger partial charge < -0.3 is 4.74 Å². The molecule has 5 heteroatoms.